The fourth-order valence-electron chi connectivity index (χ4n) is 0.408. The van der Waals surface area contributed by atoms with Gasteiger partial charge < -0.3 is 0 Å². The second-order valence-corrected chi connectivity index (χ2v) is 15.7. The van der Waals surface area contributed by atoms with Crippen LogP contribution in [-0.4, -0.2) is 0 Å². The van der Waals surface area contributed by atoms with E-state index < -0.39 is 0 Å². The van der Waals surface area contributed by atoms with Gasteiger partial charge in [0.15, 0.2) is 0 Å². The van der Waals surface area contributed by atoms with Gasteiger partial charge in [0, 0.05) is 0 Å². The summed E-state index contributed by atoms with van der Waals surface area (Å²) in [6.45, 7) is 4.32. The van der Waals surface area contributed by atoms with Gasteiger partial charge in [0.1, 0.15) is 0 Å². The maximum atomic E-state index is 3.25. The Morgan fingerprint density at radius 1 is 1.44 bits per heavy atom. The third kappa shape index (κ3) is 26.2. The van der Waals surface area contributed by atoms with Gasteiger partial charge in [-0.15, -0.1) is 0 Å². The van der Waals surface area contributed by atoms with Gasteiger partial charge in [0.2, 0.25) is 0 Å². The summed E-state index contributed by atoms with van der Waals surface area (Å²) < 4.78 is 0. The molecule has 0 N–H and O–H groups in total. The van der Waals surface area contributed by atoms with Crippen LogP contribution in [0.3, 0.4) is 0 Å². The van der Waals surface area contributed by atoms with Crippen LogP contribution in [0.5, 0.6) is 0 Å². The zero-order valence-electron chi connectivity index (χ0n) is 6.16. The predicted octanol–water partition coefficient (Wildman–Crippen LogP) is 4.09. The Morgan fingerprint density at radius 2 is 1.89 bits per heavy atom. The molecule has 0 bridgehead atoms. The standard InChI is InChI=1S/C6H13.2BrH.Zn/c1-3-5-6-4-2;;;/h3H,4-6H2,1-2H3;2*1H;/q;;;+2/p-2. The predicted molar refractivity (Wildman–Crippen MR) is 47.4 cm³/mol. The van der Waals surface area contributed by atoms with E-state index in [4.69, 9.17) is 0 Å². The van der Waals surface area contributed by atoms with E-state index in [1.807, 2.05) is 0 Å². The second-order valence-electron chi connectivity index (χ2n) is 1.65. The second kappa shape index (κ2) is 16.3. The van der Waals surface area contributed by atoms with E-state index in [0.717, 1.165) is 0 Å². The first-order chi connectivity index (χ1) is 4.33. The van der Waals surface area contributed by atoms with Crippen molar-refractivity contribution in [3.8, 4) is 0 Å². The number of hydrogen-bond acceptors (Lipinski definition) is 0. The molecule has 0 spiro atoms. The first kappa shape index (κ1) is 13.2. The molecule has 0 aromatic heterocycles. The molecule has 0 saturated heterocycles. The zero-order valence-corrected chi connectivity index (χ0v) is 12.3. The summed E-state index contributed by atoms with van der Waals surface area (Å²) in [5.41, 5.74) is 0. The van der Waals surface area contributed by atoms with E-state index in [0.29, 0.717) is 0 Å². The minimum absolute atomic E-state index is 0.250. The number of rotatable bonds is 3. The van der Waals surface area contributed by atoms with Crippen molar-refractivity contribution < 1.29 is 13.2 Å². The van der Waals surface area contributed by atoms with Gasteiger partial charge >= 0.3 is 40.5 Å². The SMILES string of the molecule is C[CH]CCCC.[Br][Zn][Br]. The minimum atomic E-state index is -0.250. The number of halogens is 2. The molecule has 0 atom stereocenters. The van der Waals surface area contributed by atoms with E-state index in [1.54, 1.807) is 0 Å². The molecule has 0 nitrogen and oxygen atoms in total. The van der Waals surface area contributed by atoms with Crippen LogP contribution in [0.1, 0.15) is 33.1 Å². The van der Waals surface area contributed by atoms with Gasteiger partial charge in [0.25, 0.3) is 0 Å². The van der Waals surface area contributed by atoms with Crippen molar-refractivity contribution in [2.75, 3.05) is 0 Å². The van der Waals surface area contributed by atoms with Crippen LogP contribution in [0.2, 0.25) is 0 Å². The molecule has 0 aliphatic heterocycles. The van der Waals surface area contributed by atoms with Gasteiger partial charge in [-0.25, -0.2) is 0 Å². The number of unbranched alkanes of at least 4 members (excludes halogenated alkanes) is 3. The first-order valence-electron chi connectivity index (χ1n) is 3.23. The first-order valence-corrected chi connectivity index (χ1v) is 17.1. The van der Waals surface area contributed by atoms with Crippen molar-refractivity contribution >= 4 is 27.2 Å². The molecule has 53 valence electrons. The molecular weight excluding hydrogens is 297 g/mol. The van der Waals surface area contributed by atoms with Gasteiger partial charge in [-0.2, -0.15) is 0 Å². The molecule has 9 heavy (non-hydrogen) atoms. The monoisotopic (exact) mass is 307 g/mol. The summed E-state index contributed by atoms with van der Waals surface area (Å²) in [7, 11) is 0. The fraction of sp³-hybridized carbons (Fsp3) is 0.833. The van der Waals surface area contributed by atoms with Crippen LogP contribution in [0, 0.1) is 6.42 Å². The van der Waals surface area contributed by atoms with E-state index in [1.165, 1.54) is 19.3 Å². The van der Waals surface area contributed by atoms with Gasteiger partial charge in [0.05, 0.1) is 0 Å². The molecule has 0 amide bonds. The average Bonchev–Trinajstić information content (AvgIpc) is 1.86. The quantitative estimate of drug-likeness (QED) is 0.544. The van der Waals surface area contributed by atoms with Gasteiger partial charge in [-0.05, 0) is 6.42 Å². The molecule has 1 radical (unpaired) electrons. The Bertz CT molecular complexity index is 30.2. The van der Waals surface area contributed by atoms with Crippen molar-refractivity contribution in [3.05, 3.63) is 6.42 Å². The Balaban J connectivity index is 0. The Labute approximate surface area is 79.5 Å². The summed E-state index contributed by atoms with van der Waals surface area (Å²) >= 11 is 6.25. The van der Waals surface area contributed by atoms with Crippen LogP contribution in [0.4, 0.5) is 0 Å². The van der Waals surface area contributed by atoms with Crippen LogP contribution in [0.25, 0.3) is 0 Å². The van der Waals surface area contributed by atoms with Crippen molar-refractivity contribution in [1.82, 2.24) is 0 Å². The molecule has 0 heterocycles. The van der Waals surface area contributed by atoms with Crippen molar-refractivity contribution in [3.63, 3.8) is 0 Å². The molecule has 0 unspecified atom stereocenters. The molecule has 0 aromatic carbocycles. The molecular formula is C6H13Br2Zn. The molecule has 0 saturated carbocycles. The van der Waals surface area contributed by atoms with Crippen LogP contribution < -0.4 is 0 Å². The van der Waals surface area contributed by atoms with Gasteiger partial charge in [-0.1, -0.05) is 33.1 Å². The molecule has 0 rings (SSSR count). The summed E-state index contributed by atoms with van der Waals surface area (Å²) in [6, 6.07) is 0. The molecule has 0 aliphatic rings. The van der Waals surface area contributed by atoms with Crippen LogP contribution in [-0.2, 0) is 13.2 Å². The summed E-state index contributed by atoms with van der Waals surface area (Å²) in [6.07, 6.45) is 6.18. The topological polar surface area (TPSA) is 0 Å². The van der Waals surface area contributed by atoms with E-state index >= 15 is 0 Å². The van der Waals surface area contributed by atoms with E-state index in [-0.39, 0.29) is 13.2 Å². The number of hydrogen-bond donors (Lipinski definition) is 0. The Kier molecular flexibility index (Phi) is 23.9. The van der Waals surface area contributed by atoms with E-state index in [9.17, 15) is 0 Å². The molecule has 0 aliphatic carbocycles. The van der Waals surface area contributed by atoms with Crippen molar-refractivity contribution in [2.24, 2.45) is 0 Å². The summed E-state index contributed by atoms with van der Waals surface area (Å²) in [5.74, 6) is 0. The summed E-state index contributed by atoms with van der Waals surface area (Å²) in [4.78, 5) is 0. The van der Waals surface area contributed by atoms with E-state index in [2.05, 4.69) is 47.5 Å². The van der Waals surface area contributed by atoms with Crippen LogP contribution in [0.15, 0.2) is 0 Å². The van der Waals surface area contributed by atoms with Crippen molar-refractivity contribution in [1.29, 1.82) is 0 Å². The third-order valence-corrected chi connectivity index (χ3v) is 0.846. The third-order valence-electron chi connectivity index (χ3n) is 0.846. The molecule has 3 heteroatoms. The Morgan fingerprint density at radius 3 is 2.00 bits per heavy atom. The average molecular weight is 310 g/mol. The van der Waals surface area contributed by atoms with Gasteiger partial charge in [-0.3, -0.25) is 0 Å². The normalized spacial score (nSPS) is 7.11. The zero-order chi connectivity index (χ0) is 7.54. The Hall–Kier alpha value is 1.58. The maximum absolute atomic E-state index is 3.25. The van der Waals surface area contributed by atoms with Crippen LogP contribution >= 0.6 is 27.2 Å². The molecule has 0 aromatic rings. The van der Waals surface area contributed by atoms with Crippen molar-refractivity contribution in [2.45, 2.75) is 33.1 Å². The summed E-state index contributed by atoms with van der Waals surface area (Å²) in [5, 5.41) is 0. The fourth-order valence-corrected chi connectivity index (χ4v) is 0.408. The molecule has 0 fully saturated rings.